The molecule has 0 bridgehead atoms. The minimum Gasteiger partial charge on any atom is -0.497 e. The fourth-order valence-electron chi connectivity index (χ4n) is 3.18. The van der Waals surface area contributed by atoms with Crippen LogP contribution in [0.15, 0.2) is 36.4 Å². The number of amides is 1. The fraction of sp³-hybridized carbons (Fsp3) is 0.350. The van der Waals surface area contributed by atoms with E-state index in [1.807, 2.05) is 29.2 Å². The second-order valence-corrected chi connectivity index (χ2v) is 6.58. The molecule has 6 nitrogen and oxygen atoms in total. The Hall–Kier alpha value is -2.60. The zero-order chi connectivity index (χ0) is 19.4. The van der Waals surface area contributed by atoms with Crippen molar-refractivity contribution in [1.82, 2.24) is 4.90 Å². The van der Waals surface area contributed by atoms with Crippen LogP contribution in [0.5, 0.6) is 17.2 Å². The zero-order valence-electron chi connectivity index (χ0n) is 15.7. The Balaban J connectivity index is 1.68. The Bertz CT molecular complexity index is 802. The molecular weight excluding hydrogens is 368 g/mol. The monoisotopic (exact) mass is 390 g/mol. The summed E-state index contributed by atoms with van der Waals surface area (Å²) >= 11 is 6.23. The van der Waals surface area contributed by atoms with Gasteiger partial charge in [0.05, 0.1) is 26.4 Å². The Morgan fingerprint density at radius 2 is 1.59 bits per heavy atom. The third kappa shape index (κ3) is 4.06. The number of halogens is 1. The molecule has 0 saturated carbocycles. The highest BCUT2D eigenvalue weighted by molar-refractivity contribution is 6.32. The van der Waals surface area contributed by atoms with E-state index in [9.17, 15) is 4.79 Å². The quantitative estimate of drug-likeness (QED) is 0.783. The summed E-state index contributed by atoms with van der Waals surface area (Å²) in [6, 6.07) is 11.2. The van der Waals surface area contributed by atoms with Gasteiger partial charge in [0.2, 0.25) is 0 Å². The van der Waals surface area contributed by atoms with Crippen molar-refractivity contribution < 1.29 is 19.0 Å². The third-order valence-corrected chi connectivity index (χ3v) is 4.97. The molecule has 0 unspecified atom stereocenters. The second kappa shape index (κ2) is 8.39. The van der Waals surface area contributed by atoms with Gasteiger partial charge in [-0.05, 0) is 36.4 Å². The lowest BCUT2D eigenvalue weighted by Crippen LogP contribution is -2.48. The van der Waals surface area contributed by atoms with Crippen LogP contribution >= 0.6 is 11.6 Å². The molecule has 1 aliphatic rings. The minimum absolute atomic E-state index is 0.0627. The molecule has 1 saturated heterocycles. The van der Waals surface area contributed by atoms with Gasteiger partial charge in [0.15, 0.2) is 11.5 Å². The summed E-state index contributed by atoms with van der Waals surface area (Å²) in [4.78, 5) is 17.0. The topological polar surface area (TPSA) is 51.2 Å². The molecule has 2 aromatic rings. The molecule has 1 aliphatic heterocycles. The number of ether oxygens (including phenoxy) is 3. The first-order chi connectivity index (χ1) is 13.1. The van der Waals surface area contributed by atoms with Crippen LogP contribution in [0.3, 0.4) is 0 Å². The maximum Gasteiger partial charge on any atom is 0.254 e. The van der Waals surface area contributed by atoms with Crippen molar-refractivity contribution in [3.05, 3.63) is 47.0 Å². The number of rotatable bonds is 5. The van der Waals surface area contributed by atoms with Gasteiger partial charge in [0, 0.05) is 37.4 Å². The molecule has 1 fully saturated rings. The van der Waals surface area contributed by atoms with Crippen LogP contribution in [-0.4, -0.2) is 58.3 Å². The number of benzene rings is 2. The summed E-state index contributed by atoms with van der Waals surface area (Å²) in [5.74, 6) is 1.65. The zero-order valence-corrected chi connectivity index (χ0v) is 16.5. The number of hydrogen-bond donors (Lipinski definition) is 0. The van der Waals surface area contributed by atoms with Gasteiger partial charge in [-0.2, -0.15) is 0 Å². The predicted octanol–water partition coefficient (Wildman–Crippen LogP) is 3.33. The fourth-order valence-corrected chi connectivity index (χ4v) is 3.47. The average molecular weight is 391 g/mol. The van der Waals surface area contributed by atoms with Crippen molar-refractivity contribution in [2.24, 2.45) is 0 Å². The van der Waals surface area contributed by atoms with Crippen molar-refractivity contribution in [2.45, 2.75) is 0 Å². The van der Waals surface area contributed by atoms with Crippen molar-refractivity contribution in [3.8, 4) is 17.2 Å². The van der Waals surface area contributed by atoms with Crippen LogP contribution in [0.4, 0.5) is 5.69 Å². The Labute approximate surface area is 164 Å². The van der Waals surface area contributed by atoms with Crippen molar-refractivity contribution in [2.75, 3.05) is 52.4 Å². The smallest absolute Gasteiger partial charge is 0.254 e. The van der Waals surface area contributed by atoms with E-state index in [-0.39, 0.29) is 5.91 Å². The molecule has 0 atom stereocenters. The molecule has 1 amide bonds. The first kappa shape index (κ1) is 19.2. The van der Waals surface area contributed by atoms with Crippen LogP contribution in [0.25, 0.3) is 0 Å². The van der Waals surface area contributed by atoms with Gasteiger partial charge in [-0.3, -0.25) is 4.79 Å². The lowest BCUT2D eigenvalue weighted by molar-refractivity contribution is 0.0746. The van der Waals surface area contributed by atoms with Gasteiger partial charge in [-0.25, -0.2) is 0 Å². The van der Waals surface area contributed by atoms with E-state index < -0.39 is 0 Å². The van der Waals surface area contributed by atoms with Crippen LogP contribution in [-0.2, 0) is 0 Å². The lowest BCUT2D eigenvalue weighted by atomic mass is 10.1. The largest absolute Gasteiger partial charge is 0.497 e. The second-order valence-electron chi connectivity index (χ2n) is 6.17. The van der Waals surface area contributed by atoms with E-state index in [4.69, 9.17) is 25.8 Å². The molecule has 144 valence electrons. The Morgan fingerprint density at radius 1 is 0.926 bits per heavy atom. The highest BCUT2D eigenvalue weighted by Gasteiger charge is 2.24. The number of carbonyl (C=O) groups is 1. The summed E-state index contributed by atoms with van der Waals surface area (Å²) in [6.45, 7) is 2.80. The molecule has 7 heteroatoms. The summed E-state index contributed by atoms with van der Waals surface area (Å²) in [6.07, 6.45) is 0. The van der Waals surface area contributed by atoms with E-state index in [0.717, 1.165) is 24.5 Å². The summed E-state index contributed by atoms with van der Waals surface area (Å²) in [5.41, 5.74) is 1.62. The van der Waals surface area contributed by atoms with E-state index in [0.29, 0.717) is 35.2 Å². The number of nitrogens with zero attached hydrogens (tertiary/aromatic N) is 2. The van der Waals surface area contributed by atoms with Crippen LogP contribution < -0.4 is 19.1 Å². The van der Waals surface area contributed by atoms with Crippen molar-refractivity contribution in [1.29, 1.82) is 0 Å². The van der Waals surface area contributed by atoms with E-state index in [2.05, 4.69) is 4.90 Å². The standard InChI is InChI=1S/C20H23ClN2O4/c1-25-16-6-4-15(5-7-16)22-8-10-23(11-9-22)20(24)14-12-17(21)19(27-3)18(13-14)26-2/h4-7,12-13H,8-11H2,1-3H3. The van der Waals surface area contributed by atoms with Gasteiger partial charge in [-0.1, -0.05) is 11.6 Å². The molecule has 3 rings (SSSR count). The first-order valence-corrected chi connectivity index (χ1v) is 9.05. The van der Waals surface area contributed by atoms with E-state index >= 15 is 0 Å². The van der Waals surface area contributed by atoms with Crippen molar-refractivity contribution in [3.63, 3.8) is 0 Å². The minimum atomic E-state index is -0.0627. The highest BCUT2D eigenvalue weighted by Crippen LogP contribution is 2.36. The molecule has 0 N–H and O–H groups in total. The first-order valence-electron chi connectivity index (χ1n) is 8.67. The van der Waals surface area contributed by atoms with Gasteiger partial charge >= 0.3 is 0 Å². The van der Waals surface area contributed by atoms with Crippen LogP contribution in [0, 0.1) is 0 Å². The summed E-state index contributed by atoms with van der Waals surface area (Å²) in [5, 5.41) is 0.358. The Morgan fingerprint density at radius 3 is 2.15 bits per heavy atom. The predicted molar refractivity (Wildman–Crippen MR) is 106 cm³/mol. The summed E-state index contributed by atoms with van der Waals surface area (Å²) in [7, 11) is 4.69. The maximum absolute atomic E-state index is 12.9. The summed E-state index contributed by atoms with van der Waals surface area (Å²) < 4.78 is 15.7. The van der Waals surface area contributed by atoms with E-state index in [1.165, 1.54) is 14.2 Å². The van der Waals surface area contributed by atoms with Crippen LogP contribution in [0.1, 0.15) is 10.4 Å². The molecule has 27 heavy (non-hydrogen) atoms. The van der Waals surface area contributed by atoms with E-state index in [1.54, 1.807) is 19.2 Å². The molecule has 0 aliphatic carbocycles. The van der Waals surface area contributed by atoms with Crippen LogP contribution in [0.2, 0.25) is 5.02 Å². The van der Waals surface area contributed by atoms with Crippen molar-refractivity contribution >= 4 is 23.2 Å². The average Bonchev–Trinajstić information content (AvgIpc) is 2.72. The van der Waals surface area contributed by atoms with Gasteiger partial charge in [0.25, 0.3) is 5.91 Å². The lowest BCUT2D eigenvalue weighted by Gasteiger charge is -2.36. The molecular formula is C20H23ClN2O4. The number of hydrogen-bond acceptors (Lipinski definition) is 5. The number of carbonyl (C=O) groups excluding carboxylic acids is 1. The molecule has 0 aromatic heterocycles. The molecule has 2 aromatic carbocycles. The van der Waals surface area contributed by atoms with Gasteiger partial charge in [0.1, 0.15) is 5.75 Å². The Kier molecular flexibility index (Phi) is 5.96. The highest BCUT2D eigenvalue weighted by atomic mass is 35.5. The maximum atomic E-state index is 12.9. The molecule has 0 spiro atoms. The van der Waals surface area contributed by atoms with Gasteiger partial charge in [-0.15, -0.1) is 0 Å². The number of methoxy groups -OCH3 is 3. The SMILES string of the molecule is COc1ccc(N2CCN(C(=O)c3cc(Cl)c(OC)c(OC)c3)CC2)cc1. The number of anilines is 1. The normalized spacial score (nSPS) is 14.1. The molecule has 0 radical (unpaired) electrons. The van der Waals surface area contributed by atoms with Gasteiger partial charge < -0.3 is 24.0 Å². The third-order valence-electron chi connectivity index (χ3n) is 4.68. The molecule has 1 heterocycles. The number of piperazine rings is 1.